The average Bonchev–Trinajstić information content (AvgIpc) is 3.33. The Morgan fingerprint density at radius 2 is 1.79 bits per heavy atom. The average molecular weight is 592 g/mol. The van der Waals surface area contributed by atoms with Gasteiger partial charge in [-0.05, 0) is 17.7 Å². The molecule has 0 aliphatic heterocycles. The molecule has 3 aromatic heterocycles. The summed E-state index contributed by atoms with van der Waals surface area (Å²) in [5.41, 5.74) is 13.5. The lowest BCUT2D eigenvalue weighted by Crippen LogP contribution is -2.32. The van der Waals surface area contributed by atoms with E-state index in [2.05, 4.69) is 20.1 Å². The first-order valence-corrected chi connectivity index (χ1v) is 12.5. The third-order valence-corrected chi connectivity index (χ3v) is 6.46. The zero-order valence-electron chi connectivity index (χ0n) is 22.7. The minimum absolute atomic E-state index is 0.0268. The lowest BCUT2D eigenvalue weighted by atomic mass is 10.1. The number of carbonyl (C=O) groups is 1. The first-order valence-electron chi connectivity index (χ1n) is 12.5. The molecule has 220 valence electrons. The Morgan fingerprint density at radius 3 is 2.44 bits per heavy atom. The molecule has 3 heterocycles. The number of hydrogen-bond donors (Lipinski definition) is 2. The van der Waals surface area contributed by atoms with Gasteiger partial charge in [-0.25, -0.2) is 18.6 Å². The van der Waals surface area contributed by atoms with E-state index < -0.39 is 22.7 Å². The van der Waals surface area contributed by atoms with Crippen molar-refractivity contribution in [3.8, 4) is 11.7 Å². The van der Waals surface area contributed by atoms with Crippen molar-refractivity contribution in [1.82, 2.24) is 24.7 Å². The monoisotopic (exact) mass is 591 g/mol. The van der Waals surface area contributed by atoms with Crippen molar-refractivity contribution in [2.75, 3.05) is 30.6 Å². The summed E-state index contributed by atoms with van der Waals surface area (Å²) in [6, 6.07) is 11.1. The lowest BCUT2D eigenvalue weighted by Gasteiger charge is -2.24. The van der Waals surface area contributed by atoms with Gasteiger partial charge in [0, 0.05) is 30.2 Å². The zero-order chi connectivity index (χ0) is 30.8. The highest BCUT2D eigenvalue weighted by Gasteiger charge is 2.27. The van der Waals surface area contributed by atoms with Crippen LogP contribution >= 0.6 is 0 Å². The number of methoxy groups -OCH3 is 2. The Morgan fingerprint density at radius 1 is 1.07 bits per heavy atom. The van der Waals surface area contributed by atoms with E-state index in [0.717, 1.165) is 29.0 Å². The molecule has 0 bridgehead atoms. The Balaban J connectivity index is 1.60. The number of pyridine rings is 1. The highest BCUT2D eigenvalue weighted by molar-refractivity contribution is 5.95. The third-order valence-electron chi connectivity index (χ3n) is 6.46. The number of fused-ring (bicyclic) bond motifs is 1. The van der Waals surface area contributed by atoms with Crippen LogP contribution in [0.4, 0.5) is 36.6 Å². The molecule has 0 saturated carbocycles. The van der Waals surface area contributed by atoms with Crippen LogP contribution in [0.3, 0.4) is 0 Å². The molecule has 43 heavy (non-hydrogen) atoms. The highest BCUT2D eigenvalue weighted by Crippen LogP contribution is 2.34. The van der Waals surface area contributed by atoms with Crippen molar-refractivity contribution in [2.45, 2.75) is 13.0 Å². The summed E-state index contributed by atoms with van der Waals surface area (Å²) in [5, 5.41) is 15.8. The van der Waals surface area contributed by atoms with E-state index in [4.69, 9.17) is 20.9 Å². The number of nitrogens with two attached hydrogens (primary N) is 2. The number of carbonyl (C=O) groups excluding carboxylic acids is 1. The number of nitrogens with zero attached hydrogens (tertiary/aromatic N) is 7. The Labute approximate surface area is 241 Å². The molecule has 0 fully saturated rings. The molecular weight excluding hydrogens is 568 g/mol. The topological polar surface area (TPSA) is 190 Å². The van der Waals surface area contributed by atoms with E-state index >= 15 is 0 Å². The predicted octanol–water partition coefficient (Wildman–Crippen LogP) is 3.93. The quantitative estimate of drug-likeness (QED) is 0.196. The Hall–Kier alpha value is -5.93. The van der Waals surface area contributed by atoms with Gasteiger partial charge in [0.25, 0.3) is 11.6 Å². The van der Waals surface area contributed by atoms with Gasteiger partial charge in [-0.1, -0.05) is 18.2 Å². The number of nitrogen functional groups attached to an aromatic ring is 2. The molecule has 0 saturated heterocycles. The Bertz CT molecular complexity index is 1860. The number of amides is 1. The molecule has 4 N–H and O–H groups in total. The van der Waals surface area contributed by atoms with Gasteiger partial charge in [0.2, 0.25) is 0 Å². The SMILES string of the molecule is COC(=O)N(Cc1cc([N+](=O)[O-])ccc1OC)c1c(N)nc(-n2nc(Cc3ccccc3F)c3ncc(F)cc32)nc1N. The maximum Gasteiger partial charge on any atom is 0.414 e. The van der Waals surface area contributed by atoms with Gasteiger partial charge < -0.3 is 20.9 Å². The fourth-order valence-electron chi connectivity index (χ4n) is 4.49. The van der Waals surface area contributed by atoms with Gasteiger partial charge in [0.05, 0.1) is 43.1 Å². The van der Waals surface area contributed by atoms with Crippen LogP contribution in [0.25, 0.3) is 17.0 Å². The fourth-order valence-corrected chi connectivity index (χ4v) is 4.49. The van der Waals surface area contributed by atoms with Crippen molar-refractivity contribution < 1.29 is 28.0 Å². The van der Waals surface area contributed by atoms with Crippen LogP contribution in [0.2, 0.25) is 0 Å². The second kappa shape index (κ2) is 11.5. The van der Waals surface area contributed by atoms with E-state index in [0.29, 0.717) is 11.3 Å². The lowest BCUT2D eigenvalue weighted by molar-refractivity contribution is -0.384. The van der Waals surface area contributed by atoms with Crippen LogP contribution in [-0.4, -0.2) is 50.0 Å². The summed E-state index contributed by atoms with van der Waals surface area (Å²) in [6.45, 7) is -0.318. The van der Waals surface area contributed by atoms with Crippen molar-refractivity contribution in [3.63, 3.8) is 0 Å². The van der Waals surface area contributed by atoms with Crippen LogP contribution in [0.5, 0.6) is 5.75 Å². The van der Waals surface area contributed by atoms with Crippen molar-refractivity contribution in [2.24, 2.45) is 0 Å². The van der Waals surface area contributed by atoms with Crippen LogP contribution < -0.4 is 21.1 Å². The van der Waals surface area contributed by atoms with Crippen LogP contribution in [0, 0.1) is 21.7 Å². The molecule has 0 radical (unpaired) electrons. The largest absolute Gasteiger partial charge is 0.496 e. The number of aromatic nitrogens is 5. The smallest absolute Gasteiger partial charge is 0.414 e. The zero-order valence-corrected chi connectivity index (χ0v) is 22.7. The number of ether oxygens (including phenoxy) is 2. The molecule has 16 heteroatoms. The van der Waals surface area contributed by atoms with Gasteiger partial charge in [0.15, 0.2) is 11.6 Å². The van der Waals surface area contributed by atoms with Gasteiger partial charge in [-0.2, -0.15) is 19.7 Å². The molecule has 0 aliphatic carbocycles. The van der Waals surface area contributed by atoms with Crippen molar-refractivity contribution in [1.29, 1.82) is 0 Å². The number of nitro groups is 1. The van der Waals surface area contributed by atoms with E-state index in [1.165, 1.54) is 31.4 Å². The summed E-state index contributed by atoms with van der Waals surface area (Å²) in [5.74, 6) is -1.65. The number of rotatable bonds is 8. The number of non-ortho nitro benzene ring substituents is 1. The van der Waals surface area contributed by atoms with E-state index in [1.807, 2.05) is 0 Å². The molecule has 0 unspecified atom stereocenters. The molecule has 0 spiro atoms. The minimum atomic E-state index is -0.925. The molecule has 5 aromatic rings. The second-order valence-corrected chi connectivity index (χ2v) is 9.10. The first-order chi connectivity index (χ1) is 20.6. The van der Waals surface area contributed by atoms with Gasteiger partial charge in [-0.15, -0.1) is 0 Å². The Kier molecular flexibility index (Phi) is 7.66. The number of hydrogen-bond acceptors (Lipinski definition) is 11. The van der Waals surface area contributed by atoms with Crippen LogP contribution in [0.1, 0.15) is 16.8 Å². The highest BCUT2D eigenvalue weighted by atomic mass is 19.1. The molecule has 1 amide bonds. The number of anilines is 3. The van der Waals surface area contributed by atoms with E-state index in [-0.39, 0.29) is 64.3 Å². The summed E-state index contributed by atoms with van der Waals surface area (Å²) in [7, 11) is 2.48. The maximum atomic E-state index is 14.4. The summed E-state index contributed by atoms with van der Waals surface area (Å²) >= 11 is 0. The molecule has 2 aromatic carbocycles. The number of halogens is 2. The predicted molar refractivity (Wildman–Crippen MR) is 151 cm³/mol. The molecule has 14 nitrogen and oxygen atoms in total. The molecular formula is C27H23F2N9O5. The van der Waals surface area contributed by atoms with E-state index in [1.54, 1.807) is 18.2 Å². The standard InChI is InChI=1S/C27H23F2N9O5/c1-42-21-8-7-17(38(40)41)9-15(21)13-36(27(39)43-2)23-24(30)33-26(34-25(23)31)37-20-11-16(28)12-32-22(20)19(35-37)10-14-5-3-4-6-18(14)29/h3-9,11-12H,10,13H2,1-2H3,(H4,30,31,33,34). The normalized spacial score (nSPS) is 11.0. The summed E-state index contributed by atoms with van der Waals surface area (Å²) in [4.78, 5) is 37.3. The summed E-state index contributed by atoms with van der Waals surface area (Å²) < 4.78 is 40.0. The van der Waals surface area contributed by atoms with Gasteiger partial charge in [-0.3, -0.25) is 15.0 Å². The van der Waals surface area contributed by atoms with Gasteiger partial charge in [0.1, 0.15) is 28.6 Å². The second-order valence-electron chi connectivity index (χ2n) is 9.10. The van der Waals surface area contributed by atoms with Gasteiger partial charge >= 0.3 is 6.09 Å². The van der Waals surface area contributed by atoms with Crippen molar-refractivity contribution >= 4 is 40.1 Å². The third kappa shape index (κ3) is 5.52. The van der Waals surface area contributed by atoms with Crippen molar-refractivity contribution in [3.05, 3.63) is 93.3 Å². The molecule has 5 rings (SSSR count). The minimum Gasteiger partial charge on any atom is -0.496 e. The number of benzene rings is 2. The molecule has 0 atom stereocenters. The molecule has 0 aliphatic rings. The van der Waals surface area contributed by atoms with Crippen LogP contribution in [-0.2, 0) is 17.7 Å². The first kappa shape index (κ1) is 28.6. The number of nitro benzene ring substituents is 1. The van der Waals surface area contributed by atoms with Crippen LogP contribution in [0.15, 0.2) is 54.7 Å². The van der Waals surface area contributed by atoms with E-state index in [9.17, 15) is 23.7 Å². The fraction of sp³-hybridized carbons (Fsp3) is 0.148. The maximum absolute atomic E-state index is 14.4. The summed E-state index contributed by atoms with van der Waals surface area (Å²) in [6.07, 6.45) is 0.104.